The van der Waals surface area contributed by atoms with Crippen LogP contribution in [0.5, 0.6) is 5.75 Å². The molecule has 0 unspecified atom stereocenters. The number of nitrogens with zero attached hydrogens (tertiary/aromatic N) is 1. The molecule has 0 bridgehead atoms. The average Bonchev–Trinajstić information content (AvgIpc) is 2.74. The summed E-state index contributed by atoms with van der Waals surface area (Å²) in [4.78, 5) is 12.4. The van der Waals surface area contributed by atoms with Gasteiger partial charge in [0, 0.05) is 16.3 Å². The molecule has 1 amide bonds. The number of hydrogen-bond acceptors (Lipinski definition) is 3. The first-order valence-corrected chi connectivity index (χ1v) is 9.98. The van der Waals surface area contributed by atoms with Gasteiger partial charge in [0.25, 0.3) is 5.91 Å². The molecule has 0 fully saturated rings. The van der Waals surface area contributed by atoms with Gasteiger partial charge in [-0.05, 0) is 70.0 Å². The van der Waals surface area contributed by atoms with E-state index in [9.17, 15) is 14.4 Å². The zero-order chi connectivity index (χ0) is 21.5. The Labute approximate surface area is 186 Å². The molecule has 0 spiro atoms. The van der Waals surface area contributed by atoms with Crippen LogP contribution in [0.3, 0.4) is 0 Å². The number of hydrogen-bond donors (Lipinski definition) is 1. The number of carbonyl (C=O) groups is 1. The molecule has 3 aromatic carbocycles. The minimum absolute atomic E-state index is 0.0584. The minimum Gasteiger partial charge on any atom is -0.488 e. The maximum absolute atomic E-state index is 13.7. The normalized spacial score (nSPS) is 10.9. The third-order valence-corrected chi connectivity index (χ3v) is 4.95. The van der Waals surface area contributed by atoms with Gasteiger partial charge in [-0.1, -0.05) is 35.9 Å². The van der Waals surface area contributed by atoms with Gasteiger partial charge in [-0.2, -0.15) is 5.26 Å². The molecule has 0 aromatic heterocycles. The molecule has 0 aliphatic carbocycles. The molecule has 0 atom stereocenters. The highest BCUT2D eigenvalue weighted by molar-refractivity contribution is 9.10. The van der Waals surface area contributed by atoms with Gasteiger partial charge in [0.15, 0.2) is 0 Å². The van der Waals surface area contributed by atoms with Crippen molar-refractivity contribution in [2.24, 2.45) is 0 Å². The first-order chi connectivity index (χ1) is 14.5. The van der Waals surface area contributed by atoms with Crippen LogP contribution in [0, 0.1) is 17.1 Å². The van der Waals surface area contributed by atoms with Crippen LogP contribution in [-0.2, 0) is 11.4 Å². The number of rotatable bonds is 6. The van der Waals surface area contributed by atoms with Crippen LogP contribution in [0.4, 0.5) is 10.1 Å². The van der Waals surface area contributed by atoms with Crippen LogP contribution in [0.1, 0.15) is 11.1 Å². The van der Waals surface area contributed by atoms with Crippen molar-refractivity contribution in [3.05, 3.63) is 98.7 Å². The Morgan fingerprint density at radius 2 is 1.90 bits per heavy atom. The molecule has 30 heavy (non-hydrogen) atoms. The average molecular weight is 486 g/mol. The lowest BCUT2D eigenvalue weighted by Gasteiger charge is -2.10. The quantitative estimate of drug-likeness (QED) is 0.326. The highest BCUT2D eigenvalue weighted by Gasteiger charge is 2.11. The van der Waals surface area contributed by atoms with Gasteiger partial charge in [-0.25, -0.2) is 4.39 Å². The predicted octanol–water partition coefficient (Wildman–Crippen LogP) is 6.37. The maximum Gasteiger partial charge on any atom is 0.266 e. The Bertz CT molecular complexity index is 1140. The number of nitrogens with one attached hydrogen (secondary N) is 1. The Morgan fingerprint density at radius 3 is 2.57 bits per heavy atom. The second-order valence-corrected chi connectivity index (χ2v) is 7.49. The molecule has 3 aromatic rings. The van der Waals surface area contributed by atoms with E-state index in [-0.39, 0.29) is 18.0 Å². The number of halogens is 3. The molecule has 0 heterocycles. The molecular formula is C23H15BrClFN2O2. The lowest BCUT2D eigenvalue weighted by atomic mass is 10.1. The van der Waals surface area contributed by atoms with Gasteiger partial charge in [0.2, 0.25) is 0 Å². The molecule has 0 saturated carbocycles. The summed E-state index contributed by atoms with van der Waals surface area (Å²) in [7, 11) is 0. The van der Waals surface area contributed by atoms with Gasteiger partial charge in [-0.3, -0.25) is 4.79 Å². The lowest BCUT2D eigenvalue weighted by Crippen LogP contribution is -2.13. The van der Waals surface area contributed by atoms with E-state index in [4.69, 9.17) is 16.3 Å². The Hall–Kier alpha value is -3.14. The van der Waals surface area contributed by atoms with Gasteiger partial charge < -0.3 is 10.1 Å². The van der Waals surface area contributed by atoms with E-state index in [2.05, 4.69) is 21.2 Å². The van der Waals surface area contributed by atoms with Crippen molar-refractivity contribution in [2.45, 2.75) is 6.61 Å². The van der Waals surface area contributed by atoms with E-state index in [1.807, 2.05) is 6.07 Å². The summed E-state index contributed by atoms with van der Waals surface area (Å²) < 4.78 is 20.0. The first-order valence-electron chi connectivity index (χ1n) is 8.81. The largest absolute Gasteiger partial charge is 0.488 e. The van der Waals surface area contributed by atoms with E-state index in [1.54, 1.807) is 60.7 Å². The lowest BCUT2D eigenvalue weighted by molar-refractivity contribution is -0.112. The van der Waals surface area contributed by atoms with Crippen molar-refractivity contribution in [3.8, 4) is 11.8 Å². The van der Waals surface area contributed by atoms with Crippen molar-refractivity contribution in [2.75, 3.05) is 5.32 Å². The fraction of sp³-hybridized carbons (Fsp3) is 0.0435. The molecular weight excluding hydrogens is 471 g/mol. The summed E-state index contributed by atoms with van der Waals surface area (Å²) in [6.07, 6.45) is 1.47. The van der Waals surface area contributed by atoms with E-state index in [0.717, 1.165) is 0 Å². The standard InChI is InChI=1S/C23H15BrClFN2O2/c24-20-12-15(5-10-22(20)30-14-16-3-1-2-4-21(16)26)11-17(13-27)23(29)28-19-8-6-18(25)7-9-19/h1-12H,14H2,(H,28,29)/b17-11-. The van der Waals surface area contributed by atoms with Crippen molar-refractivity contribution >= 4 is 45.2 Å². The molecule has 4 nitrogen and oxygen atoms in total. The monoisotopic (exact) mass is 484 g/mol. The Balaban J connectivity index is 1.71. The highest BCUT2D eigenvalue weighted by Crippen LogP contribution is 2.28. The summed E-state index contributed by atoms with van der Waals surface area (Å²) in [5.41, 5.74) is 1.54. The number of benzene rings is 3. The van der Waals surface area contributed by atoms with Gasteiger partial charge in [0.05, 0.1) is 4.47 Å². The Morgan fingerprint density at radius 1 is 1.17 bits per heavy atom. The minimum atomic E-state index is -0.532. The van der Waals surface area contributed by atoms with Crippen LogP contribution in [0.15, 0.2) is 76.8 Å². The van der Waals surface area contributed by atoms with Gasteiger partial charge in [-0.15, -0.1) is 0 Å². The number of anilines is 1. The number of amides is 1. The van der Waals surface area contributed by atoms with Crippen molar-refractivity contribution in [3.63, 3.8) is 0 Å². The zero-order valence-corrected chi connectivity index (χ0v) is 17.9. The van der Waals surface area contributed by atoms with Crippen LogP contribution in [0.2, 0.25) is 5.02 Å². The predicted molar refractivity (Wildman–Crippen MR) is 119 cm³/mol. The molecule has 0 aliphatic rings. The molecule has 150 valence electrons. The summed E-state index contributed by atoms with van der Waals surface area (Å²) in [5.74, 6) is -0.353. The first kappa shape index (κ1) is 21.6. The molecule has 0 radical (unpaired) electrons. The van der Waals surface area contributed by atoms with Gasteiger partial charge >= 0.3 is 0 Å². The van der Waals surface area contributed by atoms with Crippen molar-refractivity contribution < 1.29 is 13.9 Å². The fourth-order valence-corrected chi connectivity index (χ4v) is 3.18. The molecule has 1 N–H and O–H groups in total. The Kier molecular flexibility index (Phi) is 7.23. The smallest absolute Gasteiger partial charge is 0.266 e. The molecule has 0 saturated heterocycles. The summed E-state index contributed by atoms with van der Waals surface area (Å²) in [6, 6.07) is 20.0. The van der Waals surface area contributed by atoms with Crippen LogP contribution < -0.4 is 10.1 Å². The highest BCUT2D eigenvalue weighted by atomic mass is 79.9. The fourth-order valence-electron chi connectivity index (χ4n) is 2.54. The van der Waals surface area contributed by atoms with Crippen LogP contribution >= 0.6 is 27.5 Å². The van der Waals surface area contributed by atoms with E-state index in [0.29, 0.717) is 32.1 Å². The molecule has 7 heteroatoms. The van der Waals surface area contributed by atoms with E-state index >= 15 is 0 Å². The second kappa shape index (κ2) is 10.1. The number of nitriles is 1. The van der Waals surface area contributed by atoms with Crippen LogP contribution in [0.25, 0.3) is 6.08 Å². The zero-order valence-electron chi connectivity index (χ0n) is 15.5. The van der Waals surface area contributed by atoms with Crippen LogP contribution in [-0.4, -0.2) is 5.91 Å². The maximum atomic E-state index is 13.7. The van der Waals surface area contributed by atoms with Gasteiger partial charge in [0.1, 0.15) is 29.8 Å². The molecule has 0 aliphatic heterocycles. The number of ether oxygens (including phenoxy) is 1. The summed E-state index contributed by atoms with van der Waals surface area (Å²) in [6.45, 7) is 0.0768. The number of carbonyl (C=O) groups excluding carboxylic acids is 1. The summed E-state index contributed by atoms with van der Waals surface area (Å²) >= 11 is 9.23. The second-order valence-electron chi connectivity index (χ2n) is 6.20. The van der Waals surface area contributed by atoms with E-state index in [1.165, 1.54) is 12.1 Å². The summed E-state index contributed by atoms with van der Waals surface area (Å²) in [5, 5.41) is 12.6. The van der Waals surface area contributed by atoms with Crippen molar-refractivity contribution in [1.82, 2.24) is 0 Å². The third-order valence-electron chi connectivity index (χ3n) is 4.08. The molecule has 3 rings (SSSR count). The topological polar surface area (TPSA) is 62.1 Å². The van der Waals surface area contributed by atoms with E-state index < -0.39 is 5.91 Å². The van der Waals surface area contributed by atoms with Crippen molar-refractivity contribution in [1.29, 1.82) is 5.26 Å². The SMILES string of the molecule is N#C/C(=C/c1ccc(OCc2ccccc2F)c(Br)c1)C(=O)Nc1ccc(Cl)cc1. The third kappa shape index (κ3) is 5.69.